The van der Waals surface area contributed by atoms with E-state index in [0.29, 0.717) is 6.54 Å². The third kappa shape index (κ3) is 3.72. The number of rotatable bonds is 2. The molecule has 3 rings (SSSR count). The van der Waals surface area contributed by atoms with Crippen LogP contribution in [0.25, 0.3) is 11.1 Å². The molecular formula is C18H19BrN2OS. The maximum absolute atomic E-state index is 12.3. The molecule has 0 unspecified atom stereocenters. The number of anilines is 1. The van der Waals surface area contributed by atoms with E-state index in [9.17, 15) is 4.79 Å². The van der Waals surface area contributed by atoms with E-state index in [-0.39, 0.29) is 11.4 Å². The second-order valence-corrected chi connectivity index (χ2v) is 8.56. The van der Waals surface area contributed by atoms with Crippen molar-refractivity contribution in [1.29, 1.82) is 0 Å². The van der Waals surface area contributed by atoms with Crippen molar-refractivity contribution in [3.05, 3.63) is 46.9 Å². The van der Waals surface area contributed by atoms with Crippen LogP contribution in [0.4, 0.5) is 5.69 Å². The molecule has 3 nitrogen and oxygen atoms in total. The molecule has 0 saturated carbocycles. The first-order valence-corrected chi connectivity index (χ1v) is 9.05. The molecule has 0 fully saturated rings. The summed E-state index contributed by atoms with van der Waals surface area (Å²) in [6.07, 6.45) is 0. The lowest BCUT2D eigenvalue weighted by molar-refractivity contribution is -0.120. The standard InChI is InChI=1S/C18H19BrN2OS/c1-18(2,3)20-17(22)11-21-15-9-8-12(19)10-14(15)13-6-4-5-7-16(13)23-21/h4-10H,11H2,1-3H3,(H,20,22). The van der Waals surface area contributed by atoms with Gasteiger partial charge in [0.15, 0.2) is 0 Å². The summed E-state index contributed by atoms with van der Waals surface area (Å²) in [5.41, 5.74) is 3.21. The fourth-order valence-corrected chi connectivity index (χ4v) is 4.04. The molecule has 2 aromatic carbocycles. The van der Waals surface area contributed by atoms with Crippen molar-refractivity contribution in [3.8, 4) is 11.1 Å². The van der Waals surface area contributed by atoms with Crippen LogP contribution in [0.2, 0.25) is 0 Å². The lowest BCUT2D eigenvalue weighted by Gasteiger charge is -2.32. The first-order valence-electron chi connectivity index (χ1n) is 7.49. The molecule has 1 aliphatic rings. The lowest BCUT2D eigenvalue weighted by atomic mass is 10.0. The van der Waals surface area contributed by atoms with Crippen molar-refractivity contribution >= 4 is 39.5 Å². The molecule has 5 heteroatoms. The molecule has 120 valence electrons. The number of nitrogens with one attached hydrogen (secondary N) is 1. The third-order valence-electron chi connectivity index (χ3n) is 3.41. The summed E-state index contributed by atoms with van der Waals surface area (Å²) in [7, 11) is 0. The molecule has 0 aliphatic carbocycles. The highest BCUT2D eigenvalue weighted by atomic mass is 79.9. The molecule has 2 aromatic rings. The number of carbonyl (C=O) groups excluding carboxylic acids is 1. The van der Waals surface area contributed by atoms with Crippen LogP contribution in [0.15, 0.2) is 51.8 Å². The molecule has 0 radical (unpaired) electrons. The van der Waals surface area contributed by atoms with Gasteiger partial charge in [-0.2, -0.15) is 0 Å². The minimum absolute atomic E-state index is 0.0262. The second kappa shape index (κ2) is 6.21. The monoisotopic (exact) mass is 390 g/mol. The molecule has 0 aromatic heterocycles. The Morgan fingerprint density at radius 3 is 2.65 bits per heavy atom. The summed E-state index contributed by atoms with van der Waals surface area (Å²) in [5.74, 6) is 0.0262. The predicted octanol–water partition coefficient (Wildman–Crippen LogP) is 4.86. The largest absolute Gasteiger partial charge is 0.350 e. The quantitative estimate of drug-likeness (QED) is 0.743. The van der Waals surface area contributed by atoms with E-state index < -0.39 is 0 Å². The first-order chi connectivity index (χ1) is 10.8. The van der Waals surface area contributed by atoms with Gasteiger partial charge in [-0.1, -0.05) is 34.1 Å². The number of hydrogen-bond donors (Lipinski definition) is 1. The summed E-state index contributed by atoms with van der Waals surface area (Å²) in [5, 5.41) is 3.03. The van der Waals surface area contributed by atoms with Crippen LogP contribution in [0.3, 0.4) is 0 Å². The maximum Gasteiger partial charge on any atom is 0.241 e. The Bertz CT molecular complexity index is 755. The van der Waals surface area contributed by atoms with Crippen molar-refractivity contribution < 1.29 is 4.79 Å². The number of fused-ring (bicyclic) bond motifs is 3. The molecule has 1 aliphatic heterocycles. The molecule has 1 amide bonds. The summed E-state index contributed by atoms with van der Waals surface area (Å²) in [6.45, 7) is 6.31. The fraction of sp³-hybridized carbons (Fsp3) is 0.278. The Labute approximate surface area is 149 Å². The minimum Gasteiger partial charge on any atom is -0.350 e. The van der Waals surface area contributed by atoms with E-state index in [4.69, 9.17) is 0 Å². The summed E-state index contributed by atoms with van der Waals surface area (Å²) in [6, 6.07) is 14.5. The van der Waals surface area contributed by atoms with Crippen molar-refractivity contribution in [2.45, 2.75) is 31.2 Å². The van der Waals surface area contributed by atoms with Crippen molar-refractivity contribution in [2.24, 2.45) is 0 Å². The minimum atomic E-state index is -0.224. The lowest BCUT2D eigenvalue weighted by Crippen LogP contribution is -2.45. The predicted molar refractivity (Wildman–Crippen MR) is 101 cm³/mol. The number of amides is 1. The van der Waals surface area contributed by atoms with E-state index in [1.165, 1.54) is 10.5 Å². The summed E-state index contributed by atoms with van der Waals surface area (Å²) < 4.78 is 3.10. The Morgan fingerprint density at radius 2 is 1.91 bits per heavy atom. The summed E-state index contributed by atoms with van der Waals surface area (Å²) in [4.78, 5) is 13.5. The third-order valence-corrected chi connectivity index (χ3v) is 5.01. The van der Waals surface area contributed by atoms with Gasteiger partial charge in [0.05, 0.1) is 5.69 Å². The van der Waals surface area contributed by atoms with Crippen LogP contribution in [0, 0.1) is 0 Å². The van der Waals surface area contributed by atoms with Crippen LogP contribution in [-0.4, -0.2) is 18.0 Å². The van der Waals surface area contributed by atoms with Crippen LogP contribution in [0.5, 0.6) is 0 Å². The Kier molecular flexibility index (Phi) is 4.43. The van der Waals surface area contributed by atoms with Gasteiger partial charge in [0.2, 0.25) is 5.91 Å². The normalized spacial score (nSPS) is 13.3. The van der Waals surface area contributed by atoms with Gasteiger partial charge in [0, 0.05) is 20.5 Å². The van der Waals surface area contributed by atoms with Crippen LogP contribution < -0.4 is 9.62 Å². The van der Waals surface area contributed by atoms with Gasteiger partial charge in [-0.25, -0.2) is 0 Å². The SMILES string of the molecule is CC(C)(C)NC(=O)CN1Sc2ccccc2-c2cc(Br)ccc21. The van der Waals surface area contributed by atoms with Crippen molar-refractivity contribution in [1.82, 2.24) is 5.32 Å². The highest BCUT2D eigenvalue weighted by molar-refractivity contribution is 9.10. The van der Waals surface area contributed by atoms with Gasteiger partial charge in [-0.05, 0) is 62.5 Å². The molecule has 1 heterocycles. The first kappa shape index (κ1) is 16.4. The molecule has 23 heavy (non-hydrogen) atoms. The highest BCUT2D eigenvalue weighted by Gasteiger charge is 2.25. The molecule has 0 saturated heterocycles. The zero-order valence-corrected chi connectivity index (χ0v) is 15.8. The Morgan fingerprint density at radius 1 is 1.17 bits per heavy atom. The molecular weight excluding hydrogens is 372 g/mol. The summed E-state index contributed by atoms with van der Waals surface area (Å²) >= 11 is 5.17. The van der Waals surface area contributed by atoms with Gasteiger partial charge < -0.3 is 9.62 Å². The number of hydrogen-bond acceptors (Lipinski definition) is 3. The Balaban J connectivity index is 1.94. The maximum atomic E-state index is 12.3. The average Bonchev–Trinajstić information content (AvgIpc) is 2.45. The molecule has 0 bridgehead atoms. The van der Waals surface area contributed by atoms with E-state index >= 15 is 0 Å². The average molecular weight is 391 g/mol. The molecule has 1 N–H and O–H groups in total. The van der Waals surface area contributed by atoms with E-state index in [1.807, 2.05) is 39.0 Å². The van der Waals surface area contributed by atoms with Gasteiger partial charge in [0.25, 0.3) is 0 Å². The number of halogens is 1. The molecule has 0 spiro atoms. The topological polar surface area (TPSA) is 32.3 Å². The van der Waals surface area contributed by atoms with Crippen LogP contribution >= 0.6 is 27.9 Å². The highest BCUT2D eigenvalue weighted by Crippen LogP contribution is 2.46. The Hall–Kier alpha value is -1.46. The van der Waals surface area contributed by atoms with Gasteiger partial charge in [-0.15, -0.1) is 0 Å². The van der Waals surface area contributed by atoms with Gasteiger partial charge >= 0.3 is 0 Å². The fourth-order valence-electron chi connectivity index (χ4n) is 2.58. The smallest absolute Gasteiger partial charge is 0.241 e. The van der Waals surface area contributed by atoms with E-state index in [2.05, 4.69) is 49.8 Å². The van der Waals surface area contributed by atoms with Crippen LogP contribution in [0.1, 0.15) is 20.8 Å². The van der Waals surface area contributed by atoms with E-state index in [1.54, 1.807) is 11.9 Å². The van der Waals surface area contributed by atoms with Crippen molar-refractivity contribution in [2.75, 3.05) is 10.8 Å². The van der Waals surface area contributed by atoms with Crippen LogP contribution in [-0.2, 0) is 4.79 Å². The van der Waals surface area contributed by atoms with E-state index in [0.717, 1.165) is 15.7 Å². The zero-order valence-electron chi connectivity index (χ0n) is 13.4. The zero-order chi connectivity index (χ0) is 16.6. The number of nitrogens with zero attached hydrogens (tertiary/aromatic N) is 1. The van der Waals surface area contributed by atoms with Gasteiger partial charge in [0.1, 0.15) is 6.54 Å². The number of carbonyl (C=O) groups is 1. The number of benzene rings is 2. The van der Waals surface area contributed by atoms with Gasteiger partial charge in [-0.3, -0.25) is 4.79 Å². The molecule has 0 atom stereocenters. The van der Waals surface area contributed by atoms with Crippen molar-refractivity contribution in [3.63, 3.8) is 0 Å². The second-order valence-electron chi connectivity index (χ2n) is 6.58.